The molecule has 0 bridgehead atoms. The van der Waals surface area contributed by atoms with Gasteiger partial charge in [0.15, 0.2) is 0 Å². The molecule has 0 atom stereocenters. The van der Waals surface area contributed by atoms with Crippen molar-refractivity contribution in [3.63, 3.8) is 0 Å². The van der Waals surface area contributed by atoms with Gasteiger partial charge in [0.2, 0.25) is 0 Å². The Morgan fingerprint density at radius 3 is 2.20 bits per heavy atom. The van der Waals surface area contributed by atoms with Crippen LogP contribution in [0.1, 0.15) is 15.9 Å². The van der Waals surface area contributed by atoms with Crippen LogP contribution in [0.4, 0.5) is 4.39 Å². The summed E-state index contributed by atoms with van der Waals surface area (Å²) in [5.74, 6) is 4.90. The Kier molecular flexibility index (Phi) is 5.23. The van der Waals surface area contributed by atoms with Crippen LogP contribution in [0.15, 0.2) is 78.9 Å². The summed E-state index contributed by atoms with van der Waals surface area (Å²) in [7, 11) is 0. The number of benzene rings is 3. The summed E-state index contributed by atoms with van der Waals surface area (Å²) in [5.41, 5.74) is 3.04. The van der Waals surface area contributed by atoms with E-state index in [4.69, 9.17) is 0 Å². The number of hydrogen-bond donors (Lipinski definition) is 1. The molecule has 3 aromatic carbocycles. The third-order valence-electron chi connectivity index (χ3n) is 3.69. The van der Waals surface area contributed by atoms with E-state index in [1.807, 2.05) is 42.5 Å². The van der Waals surface area contributed by atoms with Gasteiger partial charge in [0.1, 0.15) is 5.82 Å². The monoisotopic (exact) mass is 329 g/mol. The molecule has 0 spiro atoms. The summed E-state index contributed by atoms with van der Waals surface area (Å²) in [6, 6.07) is 23.6. The van der Waals surface area contributed by atoms with Crippen molar-refractivity contribution in [1.82, 2.24) is 5.32 Å². The molecule has 3 aromatic rings. The van der Waals surface area contributed by atoms with Crippen molar-refractivity contribution >= 4 is 5.91 Å². The lowest BCUT2D eigenvalue weighted by Gasteiger charge is -2.04. The summed E-state index contributed by atoms with van der Waals surface area (Å²) >= 11 is 0. The quantitative estimate of drug-likeness (QED) is 0.714. The fourth-order valence-corrected chi connectivity index (χ4v) is 2.37. The van der Waals surface area contributed by atoms with E-state index in [2.05, 4.69) is 17.2 Å². The molecular formula is C22H16FNO. The van der Waals surface area contributed by atoms with Crippen LogP contribution in [0.2, 0.25) is 0 Å². The number of halogens is 1. The molecule has 25 heavy (non-hydrogen) atoms. The number of amides is 1. The molecule has 0 saturated carbocycles. The van der Waals surface area contributed by atoms with E-state index in [1.54, 1.807) is 30.3 Å². The minimum Gasteiger partial charge on any atom is -0.341 e. The molecule has 0 radical (unpaired) electrons. The maximum absolute atomic E-state index is 13.4. The van der Waals surface area contributed by atoms with E-state index in [9.17, 15) is 9.18 Å². The molecule has 3 rings (SSSR count). The van der Waals surface area contributed by atoms with Crippen LogP contribution >= 0.6 is 0 Å². The van der Waals surface area contributed by atoms with Crippen LogP contribution in [0.25, 0.3) is 11.1 Å². The molecule has 0 unspecified atom stereocenters. The van der Waals surface area contributed by atoms with Crippen LogP contribution in [-0.4, -0.2) is 12.5 Å². The van der Waals surface area contributed by atoms with Crippen molar-refractivity contribution in [3.8, 4) is 23.0 Å². The van der Waals surface area contributed by atoms with E-state index in [0.717, 1.165) is 11.1 Å². The summed E-state index contributed by atoms with van der Waals surface area (Å²) in [6.45, 7) is 0.160. The Hall–Kier alpha value is -3.38. The van der Waals surface area contributed by atoms with Gasteiger partial charge in [-0.3, -0.25) is 4.79 Å². The van der Waals surface area contributed by atoms with Crippen molar-refractivity contribution in [2.24, 2.45) is 0 Å². The standard InChI is InChI=1S/C22H16FNO/c23-21-11-5-4-9-19(21)10-6-16-24-22(25)20-14-12-18(13-15-20)17-7-2-1-3-8-17/h1-5,7-9,11-15H,16H2,(H,24,25). The van der Waals surface area contributed by atoms with E-state index in [0.29, 0.717) is 11.1 Å². The Balaban J connectivity index is 1.60. The highest BCUT2D eigenvalue weighted by molar-refractivity contribution is 5.94. The summed E-state index contributed by atoms with van der Waals surface area (Å²) < 4.78 is 13.4. The Labute approximate surface area is 146 Å². The average molecular weight is 329 g/mol. The van der Waals surface area contributed by atoms with Crippen LogP contribution in [0.3, 0.4) is 0 Å². The van der Waals surface area contributed by atoms with Crippen molar-refractivity contribution in [2.45, 2.75) is 0 Å². The molecule has 2 nitrogen and oxygen atoms in total. The van der Waals surface area contributed by atoms with Crippen molar-refractivity contribution < 1.29 is 9.18 Å². The fraction of sp³-hybridized carbons (Fsp3) is 0.0455. The average Bonchev–Trinajstić information content (AvgIpc) is 2.67. The topological polar surface area (TPSA) is 29.1 Å². The predicted octanol–water partition coefficient (Wildman–Crippen LogP) is 4.27. The van der Waals surface area contributed by atoms with Gasteiger partial charge in [0, 0.05) is 5.56 Å². The van der Waals surface area contributed by atoms with Gasteiger partial charge >= 0.3 is 0 Å². The predicted molar refractivity (Wildman–Crippen MR) is 97.5 cm³/mol. The Morgan fingerprint density at radius 2 is 1.48 bits per heavy atom. The second kappa shape index (κ2) is 7.94. The van der Waals surface area contributed by atoms with Crippen molar-refractivity contribution in [2.75, 3.05) is 6.54 Å². The van der Waals surface area contributed by atoms with Gasteiger partial charge in [-0.25, -0.2) is 4.39 Å². The highest BCUT2D eigenvalue weighted by atomic mass is 19.1. The molecule has 1 amide bonds. The number of rotatable bonds is 3. The lowest BCUT2D eigenvalue weighted by molar-refractivity contribution is 0.0958. The van der Waals surface area contributed by atoms with Crippen molar-refractivity contribution in [1.29, 1.82) is 0 Å². The smallest absolute Gasteiger partial charge is 0.252 e. The third-order valence-corrected chi connectivity index (χ3v) is 3.69. The SMILES string of the molecule is O=C(NCC#Cc1ccccc1F)c1ccc(-c2ccccc2)cc1. The minimum absolute atomic E-state index is 0.160. The molecule has 1 N–H and O–H groups in total. The maximum Gasteiger partial charge on any atom is 0.252 e. The first-order valence-corrected chi connectivity index (χ1v) is 7.91. The van der Waals surface area contributed by atoms with E-state index in [1.165, 1.54) is 6.07 Å². The highest BCUT2D eigenvalue weighted by Gasteiger charge is 2.04. The summed E-state index contributed by atoms with van der Waals surface area (Å²) in [5, 5.41) is 2.71. The molecular weight excluding hydrogens is 313 g/mol. The Bertz CT molecular complexity index is 921. The first-order chi connectivity index (χ1) is 12.2. The lowest BCUT2D eigenvalue weighted by atomic mass is 10.0. The summed E-state index contributed by atoms with van der Waals surface area (Å²) in [4.78, 5) is 12.1. The van der Waals surface area contributed by atoms with Crippen LogP contribution in [-0.2, 0) is 0 Å². The van der Waals surface area contributed by atoms with E-state index >= 15 is 0 Å². The molecule has 122 valence electrons. The van der Waals surface area contributed by atoms with Crippen LogP contribution in [0.5, 0.6) is 0 Å². The number of carbonyl (C=O) groups is 1. The second-order valence-electron chi connectivity index (χ2n) is 5.41. The van der Waals surface area contributed by atoms with E-state index in [-0.39, 0.29) is 18.3 Å². The lowest BCUT2D eigenvalue weighted by Crippen LogP contribution is -2.23. The largest absolute Gasteiger partial charge is 0.341 e. The molecule has 0 fully saturated rings. The number of nitrogens with one attached hydrogen (secondary N) is 1. The maximum atomic E-state index is 13.4. The van der Waals surface area contributed by atoms with Gasteiger partial charge in [-0.15, -0.1) is 0 Å². The zero-order valence-electron chi connectivity index (χ0n) is 13.5. The van der Waals surface area contributed by atoms with Gasteiger partial charge in [-0.2, -0.15) is 0 Å². The highest BCUT2D eigenvalue weighted by Crippen LogP contribution is 2.19. The van der Waals surface area contributed by atoms with Gasteiger partial charge in [-0.1, -0.05) is 66.4 Å². The van der Waals surface area contributed by atoms with Gasteiger partial charge in [0.25, 0.3) is 5.91 Å². The normalized spacial score (nSPS) is 9.80. The zero-order chi connectivity index (χ0) is 17.5. The van der Waals surface area contributed by atoms with Crippen molar-refractivity contribution in [3.05, 3.63) is 95.8 Å². The van der Waals surface area contributed by atoms with Gasteiger partial charge in [-0.05, 0) is 35.4 Å². The molecule has 0 heterocycles. The number of hydrogen-bond acceptors (Lipinski definition) is 1. The summed E-state index contributed by atoms with van der Waals surface area (Å²) in [6.07, 6.45) is 0. The minimum atomic E-state index is -0.363. The van der Waals surface area contributed by atoms with Crippen LogP contribution in [0, 0.1) is 17.7 Å². The third kappa shape index (κ3) is 4.33. The van der Waals surface area contributed by atoms with Gasteiger partial charge in [0.05, 0.1) is 12.1 Å². The molecule has 0 saturated heterocycles. The van der Waals surface area contributed by atoms with Gasteiger partial charge < -0.3 is 5.32 Å². The number of carbonyl (C=O) groups excluding carboxylic acids is 1. The Morgan fingerprint density at radius 1 is 0.840 bits per heavy atom. The van der Waals surface area contributed by atoms with E-state index < -0.39 is 0 Å². The molecule has 0 aliphatic rings. The van der Waals surface area contributed by atoms with Crippen LogP contribution < -0.4 is 5.32 Å². The molecule has 3 heteroatoms. The molecule has 0 aliphatic carbocycles. The molecule has 0 aromatic heterocycles. The zero-order valence-corrected chi connectivity index (χ0v) is 13.5. The fourth-order valence-electron chi connectivity index (χ4n) is 2.37. The second-order valence-corrected chi connectivity index (χ2v) is 5.41. The first kappa shape index (κ1) is 16.5. The first-order valence-electron chi connectivity index (χ1n) is 7.91. The molecule has 0 aliphatic heterocycles.